The van der Waals surface area contributed by atoms with E-state index in [4.69, 9.17) is 26.1 Å². The summed E-state index contributed by atoms with van der Waals surface area (Å²) in [5, 5.41) is 11.8. The summed E-state index contributed by atoms with van der Waals surface area (Å²) in [6, 6.07) is 8.01. The Balaban J connectivity index is 1.47. The van der Waals surface area contributed by atoms with E-state index in [2.05, 4.69) is 36.6 Å². The molecule has 0 unspecified atom stereocenters. The Morgan fingerprint density at radius 2 is 1.92 bits per heavy atom. The van der Waals surface area contributed by atoms with Crippen molar-refractivity contribution in [2.45, 2.75) is 20.4 Å². The molecule has 10 nitrogen and oxygen atoms in total. The summed E-state index contributed by atoms with van der Waals surface area (Å²) >= 11 is 6.14. The molecule has 0 aliphatic carbocycles. The van der Waals surface area contributed by atoms with Crippen LogP contribution in [0.2, 0.25) is 5.02 Å². The fourth-order valence-corrected chi connectivity index (χ4v) is 4.77. The number of rotatable bonds is 7. The molecular formula is C26H29ClN8O2. The average molecular weight is 521 g/mol. The number of fused-ring (bicyclic) bond motifs is 1. The predicted octanol–water partition coefficient (Wildman–Crippen LogP) is 3.43. The highest BCUT2D eigenvalue weighted by molar-refractivity contribution is 6.30. The highest BCUT2D eigenvalue weighted by atomic mass is 35.5. The third-order valence-corrected chi connectivity index (χ3v) is 6.74. The lowest BCUT2D eigenvalue weighted by Crippen LogP contribution is -2.49. The highest BCUT2D eigenvalue weighted by Crippen LogP contribution is 2.32. The second kappa shape index (κ2) is 10.7. The first kappa shape index (κ1) is 24.9. The third kappa shape index (κ3) is 5.50. The van der Waals surface area contributed by atoms with Crippen molar-refractivity contribution in [3.63, 3.8) is 0 Å². The number of anilines is 2. The highest BCUT2D eigenvalue weighted by Gasteiger charge is 2.22. The molecule has 4 heterocycles. The molecule has 2 N–H and O–H groups in total. The van der Waals surface area contributed by atoms with Gasteiger partial charge < -0.3 is 20.1 Å². The second-order valence-electron chi connectivity index (χ2n) is 9.10. The minimum Gasteiger partial charge on any atom is -0.365 e. The number of amides is 1. The second-order valence-corrected chi connectivity index (χ2v) is 9.54. The molecule has 1 aliphatic rings. The first-order chi connectivity index (χ1) is 17.9. The topological polar surface area (TPSA) is 112 Å². The lowest BCUT2D eigenvalue weighted by atomic mass is 10.0. The molecule has 37 heavy (non-hydrogen) atoms. The average Bonchev–Trinajstić information content (AvgIpc) is 3.24. The van der Waals surface area contributed by atoms with Gasteiger partial charge in [-0.25, -0.2) is 4.98 Å². The molecule has 0 radical (unpaired) electrons. The number of hydrogen-bond acceptors (Lipinski definition) is 9. The van der Waals surface area contributed by atoms with Crippen molar-refractivity contribution in [3.05, 3.63) is 58.7 Å². The zero-order valence-electron chi connectivity index (χ0n) is 21.1. The van der Waals surface area contributed by atoms with Crippen LogP contribution >= 0.6 is 11.6 Å². The van der Waals surface area contributed by atoms with E-state index in [1.165, 1.54) is 0 Å². The number of halogens is 1. The van der Waals surface area contributed by atoms with Gasteiger partial charge in [0.1, 0.15) is 11.6 Å². The number of carbonyl (C=O) groups excluding carboxylic acids is 1. The van der Waals surface area contributed by atoms with Crippen molar-refractivity contribution in [2.24, 2.45) is 0 Å². The molecule has 1 saturated heterocycles. The standard InChI is InChI=1S/C26H29ClN8O2/c1-16-24(17(2)37-33-16)19-4-5-22-21(11-19)25(30-13-18-10-20(27)14-29-12-18)32-26(31-22)35-8-6-34(7-9-35)15-23(36)28-3/h4-5,10-12,14H,6-9,13,15H2,1-3H3,(H,28,36)(H,30,31,32). The van der Waals surface area contributed by atoms with Gasteiger partial charge in [0.25, 0.3) is 0 Å². The zero-order valence-corrected chi connectivity index (χ0v) is 21.8. The Morgan fingerprint density at radius 3 is 2.62 bits per heavy atom. The molecule has 0 atom stereocenters. The molecule has 11 heteroatoms. The first-order valence-electron chi connectivity index (χ1n) is 12.2. The van der Waals surface area contributed by atoms with E-state index in [1.54, 1.807) is 19.4 Å². The van der Waals surface area contributed by atoms with Crippen LogP contribution in [-0.2, 0) is 11.3 Å². The van der Waals surface area contributed by atoms with E-state index in [9.17, 15) is 4.79 Å². The number of aromatic nitrogens is 4. The van der Waals surface area contributed by atoms with Crippen molar-refractivity contribution in [1.29, 1.82) is 0 Å². The molecule has 1 fully saturated rings. The van der Waals surface area contributed by atoms with Gasteiger partial charge >= 0.3 is 0 Å². The minimum absolute atomic E-state index is 0.0199. The minimum atomic E-state index is 0.0199. The summed E-state index contributed by atoms with van der Waals surface area (Å²) in [5.41, 5.74) is 4.59. The van der Waals surface area contributed by atoms with Crippen molar-refractivity contribution in [2.75, 3.05) is 50.0 Å². The molecule has 5 rings (SSSR count). The van der Waals surface area contributed by atoms with Gasteiger partial charge in [-0.1, -0.05) is 22.8 Å². The van der Waals surface area contributed by atoms with Gasteiger partial charge in [-0.2, -0.15) is 4.98 Å². The predicted molar refractivity (Wildman–Crippen MR) is 144 cm³/mol. The SMILES string of the molecule is CNC(=O)CN1CCN(c2nc(NCc3cncc(Cl)c3)c3cc(-c4c(C)noc4C)ccc3n2)CC1. The quantitative estimate of drug-likeness (QED) is 0.378. The molecule has 4 aromatic rings. The fourth-order valence-electron chi connectivity index (χ4n) is 4.57. The van der Waals surface area contributed by atoms with Crippen LogP contribution < -0.4 is 15.5 Å². The monoisotopic (exact) mass is 520 g/mol. The molecule has 1 aliphatic heterocycles. The number of nitrogens with one attached hydrogen (secondary N) is 2. The number of carbonyl (C=O) groups is 1. The molecule has 192 valence electrons. The Kier molecular flexibility index (Phi) is 7.20. The van der Waals surface area contributed by atoms with Gasteiger partial charge in [0.05, 0.1) is 22.8 Å². The Bertz CT molecular complexity index is 1410. The van der Waals surface area contributed by atoms with Crippen LogP contribution in [-0.4, -0.2) is 70.7 Å². The van der Waals surface area contributed by atoms with Crippen LogP contribution in [0.1, 0.15) is 17.0 Å². The lowest BCUT2D eigenvalue weighted by molar-refractivity contribution is -0.121. The van der Waals surface area contributed by atoms with E-state index < -0.39 is 0 Å². The normalized spacial score (nSPS) is 14.2. The summed E-state index contributed by atoms with van der Waals surface area (Å²) in [6.07, 6.45) is 3.40. The fraction of sp³-hybridized carbons (Fsp3) is 0.346. The summed E-state index contributed by atoms with van der Waals surface area (Å²) in [4.78, 5) is 30.1. The van der Waals surface area contributed by atoms with Crippen LogP contribution in [0.25, 0.3) is 22.0 Å². The van der Waals surface area contributed by atoms with Gasteiger partial charge in [0, 0.05) is 63.1 Å². The van der Waals surface area contributed by atoms with E-state index in [-0.39, 0.29) is 5.91 Å². The van der Waals surface area contributed by atoms with Crippen LogP contribution in [0.4, 0.5) is 11.8 Å². The van der Waals surface area contributed by atoms with Crippen molar-refractivity contribution in [3.8, 4) is 11.1 Å². The number of aryl methyl sites for hydroxylation is 2. The molecule has 1 aromatic carbocycles. The Hall–Kier alpha value is -3.76. The Labute approximate surface area is 220 Å². The van der Waals surface area contributed by atoms with Gasteiger partial charge in [0.15, 0.2) is 0 Å². The van der Waals surface area contributed by atoms with E-state index in [0.717, 1.165) is 71.0 Å². The summed E-state index contributed by atoms with van der Waals surface area (Å²) in [5.74, 6) is 2.17. The van der Waals surface area contributed by atoms with Gasteiger partial charge in [-0.15, -0.1) is 0 Å². The van der Waals surface area contributed by atoms with Gasteiger partial charge in [-0.05, 0) is 43.2 Å². The largest absolute Gasteiger partial charge is 0.365 e. The van der Waals surface area contributed by atoms with Crippen molar-refractivity contribution < 1.29 is 9.32 Å². The van der Waals surface area contributed by atoms with Crippen molar-refractivity contribution >= 4 is 40.2 Å². The van der Waals surface area contributed by atoms with Crippen LogP contribution in [0.15, 0.2) is 41.2 Å². The molecule has 3 aromatic heterocycles. The maximum absolute atomic E-state index is 11.8. The summed E-state index contributed by atoms with van der Waals surface area (Å²) < 4.78 is 5.39. The maximum atomic E-state index is 11.8. The van der Waals surface area contributed by atoms with E-state index >= 15 is 0 Å². The number of nitrogens with zero attached hydrogens (tertiary/aromatic N) is 6. The smallest absolute Gasteiger partial charge is 0.233 e. The van der Waals surface area contributed by atoms with E-state index in [1.807, 2.05) is 32.0 Å². The van der Waals surface area contributed by atoms with E-state index in [0.29, 0.717) is 24.1 Å². The van der Waals surface area contributed by atoms with Crippen LogP contribution in [0, 0.1) is 13.8 Å². The summed E-state index contributed by atoms with van der Waals surface area (Å²) in [6.45, 7) is 7.74. The zero-order chi connectivity index (χ0) is 25.9. The molecule has 1 amide bonds. The number of likely N-dealkylation sites (N-methyl/N-ethyl adjacent to an activating group) is 1. The Morgan fingerprint density at radius 1 is 1.11 bits per heavy atom. The van der Waals surface area contributed by atoms with Gasteiger partial charge in [-0.3, -0.25) is 14.7 Å². The summed E-state index contributed by atoms with van der Waals surface area (Å²) in [7, 11) is 1.66. The molecule has 0 bridgehead atoms. The maximum Gasteiger partial charge on any atom is 0.233 e. The van der Waals surface area contributed by atoms with Crippen molar-refractivity contribution in [1.82, 2.24) is 30.3 Å². The number of pyridine rings is 1. The molecule has 0 saturated carbocycles. The van der Waals surface area contributed by atoms with Gasteiger partial charge in [0.2, 0.25) is 11.9 Å². The molecule has 0 spiro atoms. The van der Waals surface area contributed by atoms with Crippen LogP contribution in [0.5, 0.6) is 0 Å². The van der Waals surface area contributed by atoms with Crippen LogP contribution in [0.3, 0.4) is 0 Å². The third-order valence-electron chi connectivity index (χ3n) is 6.53. The lowest BCUT2D eigenvalue weighted by Gasteiger charge is -2.34. The number of piperazine rings is 1. The first-order valence-corrected chi connectivity index (χ1v) is 12.6. The molecular weight excluding hydrogens is 492 g/mol. The number of benzene rings is 1. The number of hydrogen-bond donors (Lipinski definition) is 2.